The third-order valence-electron chi connectivity index (χ3n) is 6.35. The number of amides is 2. The lowest BCUT2D eigenvalue weighted by molar-refractivity contribution is 0.0758. The van der Waals surface area contributed by atoms with E-state index in [-0.39, 0.29) is 12.1 Å². The van der Waals surface area contributed by atoms with E-state index in [1.165, 1.54) is 12.8 Å². The van der Waals surface area contributed by atoms with Crippen LogP contribution in [0.15, 0.2) is 24.3 Å². The molecule has 3 N–H and O–H groups in total. The van der Waals surface area contributed by atoms with E-state index in [2.05, 4.69) is 16.3 Å². The van der Waals surface area contributed by atoms with E-state index in [9.17, 15) is 4.79 Å². The van der Waals surface area contributed by atoms with E-state index < -0.39 is 0 Å². The Balaban J connectivity index is 1.19. The average Bonchev–Trinajstić information content (AvgIpc) is 3.53. The van der Waals surface area contributed by atoms with Crippen LogP contribution in [0.3, 0.4) is 0 Å². The predicted molar refractivity (Wildman–Crippen MR) is 110 cm³/mol. The molecule has 3 fully saturated rings. The van der Waals surface area contributed by atoms with Crippen LogP contribution < -0.4 is 15.8 Å². The van der Waals surface area contributed by atoms with Crippen molar-refractivity contribution in [3.63, 3.8) is 0 Å². The van der Waals surface area contributed by atoms with Crippen molar-refractivity contribution in [2.75, 3.05) is 32.8 Å². The maximum Gasteiger partial charge on any atom is 0.317 e. The summed E-state index contributed by atoms with van der Waals surface area (Å²) < 4.78 is 5.77. The lowest BCUT2D eigenvalue weighted by Gasteiger charge is -2.42. The first-order chi connectivity index (χ1) is 14.1. The van der Waals surface area contributed by atoms with E-state index in [1.807, 2.05) is 17.0 Å². The van der Waals surface area contributed by atoms with Gasteiger partial charge in [0, 0.05) is 44.3 Å². The minimum Gasteiger partial charge on any atom is -0.494 e. The largest absolute Gasteiger partial charge is 0.494 e. The van der Waals surface area contributed by atoms with Crippen LogP contribution in [0.1, 0.15) is 37.7 Å². The summed E-state index contributed by atoms with van der Waals surface area (Å²) in [6.45, 7) is 3.86. The molecule has 156 valence electrons. The number of fused-ring (bicyclic) bond motifs is 2. The van der Waals surface area contributed by atoms with Crippen LogP contribution in [0.5, 0.6) is 5.75 Å². The zero-order valence-corrected chi connectivity index (χ0v) is 16.9. The summed E-state index contributed by atoms with van der Waals surface area (Å²) in [4.78, 5) is 16.9. The Labute approximate surface area is 172 Å². The van der Waals surface area contributed by atoms with Crippen molar-refractivity contribution in [2.24, 2.45) is 11.7 Å². The van der Waals surface area contributed by atoms with Crippen LogP contribution in [0.25, 0.3) is 0 Å². The van der Waals surface area contributed by atoms with Gasteiger partial charge in [-0.1, -0.05) is 0 Å². The van der Waals surface area contributed by atoms with E-state index in [0.29, 0.717) is 30.2 Å². The highest BCUT2D eigenvalue weighted by Gasteiger charge is 2.41. The van der Waals surface area contributed by atoms with Gasteiger partial charge in [-0.2, -0.15) is 5.26 Å². The van der Waals surface area contributed by atoms with Gasteiger partial charge in [0.25, 0.3) is 0 Å². The van der Waals surface area contributed by atoms with Gasteiger partial charge in [-0.05, 0) is 62.3 Å². The molecule has 7 nitrogen and oxygen atoms in total. The summed E-state index contributed by atoms with van der Waals surface area (Å²) >= 11 is 0. The minimum atomic E-state index is 0.0479. The molecule has 2 aliphatic heterocycles. The number of carbonyl (C=O) groups excluding carboxylic acids is 1. The lowest BCUT2D eigenvalue weighted by Crippen LogP contribution is -2.59. The molecule has 2 heterocycles. The summed E-state index contributed by atoms with van der Waals surface area (Å²) in [5, 5.41) is 11.9. The van der Waals surface area contributed by atoms with Gasteiger partial charge in [-0.25, -0.2) is 4.79 Å². The first kappa shape index (κ1) is 20.0. The number of ether oxygens (including phenoxy) is 1. The molecule has 2 saturated heterocycles. The predicted octanol–water partition coefficient (Wildman–Crippen LogP) is 1.92. The van der Waals surface area contributed by atoms with Gasteiger partial charge in [-0.3, -0.25) is 4.90 Å². The molecule has 1 aromatic rings. The Kier molecular flexibility index (Phi) is 6.22. The van der Waals surface area contributed by atoms with Gasteiger partial charge in [0.15, 0.2) is 0 Å². The molecular weight excluding hydrogens is 366 g/mol. The van der Waals surface area contributed by atoms with Crippen LogP contribution >= 0.6 is 0 Å². The Morgan fingerprint density at radius 2 is 1.90 bits per heavy atom. The van der Waals surface area contributed by atoms with Crippen molar-refractivity contribution >= 4 is 6.03 Å². The quantitative estimate of drug-likeness (QED) is 0.699. The molecule has 29 heavy (non-hydrogen) atoms. The molecule has 2 bridgehead atoms. The van der Waals surface area contributed by atoms with Crippen molar-refractivity contribution in [2.45, 2.75) is 50.2 Å². The number of benzene rings is 1. The number of nitriles is 1. The number of carbonyl (C=O) groups is 1. The first-order valence-electron chi connectivity index (χ1n) is 10.8. The second-order valence-corrected chi connectivity index (χ2v) is 8.65. The molecule has 7 heteroatoms. The third-order valence-corrected chi connectivity index (χ3v) is 6.35. The van der Waals surface area contributed by atoms with Crippen molar-refractivity contribution in [1.82, 2.24) is 15.1 Å². The second-order valence-electron chi connectivity index (χ2n) is 8.65. The third kappa shape index (κ3) is 5.20. The van der Waals surface area contributed by atoms with E-state index in [1.54, 1.807) is 12.1 Å². The number of rotatable bonds is 8. The molecule has 0 spiro atoms. The fourth-order valence-electron chi connectivity index (χ4n) is 4.44. The normalized spacial score (nSPS) is 24.8. The molecule has 2 amide bonds. The molecule has 3 atom stereocenters. The fourth-order valence-corrected chi connectivity index (χ4v) is 4.44. The van der Waals surface area contributed by atoms with E-state index in [4.69, 9.17) is 15.7 Å². The van der Waals surface area contributed by atoms with Gasteiger partial charge >= 0.3 is 6.03 Å². The van der Waals surface area contributed by atoms with Crippen molar-refractivity contribution in [3.8, 4) is 11.8 Å². The first-order valence-corrected chi connectivity index (χ1v) is 10.8. The standard InChI is InChI=1S/C22H31N5O2/c23-11-16-3-7-21(8-4-16)29-10-9-18(24)13-27-19-5-6-20(27)15-26(14-19)22(28)25-12-17-1-2-17/h3-4,7-8,17-20H,1-2,5-6,9-10,12-15,24H2,(H,25,28). The monoisotopic (exact) mass is 397 g/mol. The average molecular weight is 398 g/mol. The summed E-state index contributed by atoms with van der Waals surface area (Å²) in [5.74, 6) is 1.48. The number of nitrogens with two attached hydrogens (primary N) is 1. The molecule has 1 aromatic carbocycles. The van der Waals surface area contributed by atoms with Crippen molar-refractivity contribution < 1.29 is 9.53 Å². The molecule has 3 aliphatic rings. The highest BCUT2D eigenvalue weighted by molar-refractivity contribution is 5.74. The van der Waals surface area contributed by atoms with Crippen LogP contribution in [0.4, 0.5) is 4.79 Å². The Morgan fingerprint density at radius 3 is 2.52 bits per heavy atom. The van der Waals surface area contributed by atoms with Gasteiger partial charge in [-0.15, -0.1) is 0 Å². The van der Waals surface area contributed by atoms with Gasteiger partial charge in [0.05, 0.1) is 18.2 Å². The summed E-state index contributed by atoms with van der Waals surface area (Å²) in [6.07, 6.45) is 5.58. The molecule has 4 rings (SSSR count). The van der Waals surface area contributed by atoms with Gasteiger partial charge in [0.1, 0.15) is 5.75 Å². The Hall–Kier alpha value is -2.30. The zero-order chi connectivity index (χ0) is 20.2. The Bertz CT molecular complexity index is 729. The topological polar surface area (TPSA) is 94.6 Å². The van der Waals surface area contributed by atoms with Crippen LogP contribution in [0.2, 0.25) is 0 Å². The maximum atomic E-state index is 12.4. The number of hydrogen-bond acceptors (Lipinski definition) is 5. The van der Waals surface area contributed by atoms with Crippen LogP contribution in [-0.4, -0.2) is 66.7 Å². The van der Waals surface area contributed by atoms with Gasteiger partial charge in [0.2, 0.25) is 0 Å². The fraction of sp³-hybridized carbons (Fsp3) is 0.636. The molecule has 3 unspecified atom stereocenters. The molecule has 1 saturated carbocycles. The van der Waals surface area contributed by atoms with E-state index in [0.717, 1.165) is 51.2 Å². The molecular formula is C22H31N5O2. The lowest BCUT2D eigenvalue weighted by atomic mass is 10.1. The number of likely N-dealkylation sites (tertiary alicyclic amines) is 1. The molecule has 0 radical (unpaired) electrons. The van der Waals surface area contributed by atoms with Gasteiger partial charge < -0.3 is 20.7 Å². The zero-order valence-electron chi connectivity index (χ0n) is 16.9. The molecule has 1 aliphatic carbocycles. The van der Waals surface area contributed by atoms with Crippen molar-refractivity contribution in [1.29, 1.82) is 5.26 Å². The highest BCUT2D eigenvalue weighted by Crippen LogP contribution is 2.31. The van der Waals surface area contributed by atoms with Crippen LogP contribution in [-0.2, 0) is 0 Å². The Morgan fingerprint density at radius 1 is 1.21 bits per heavy atom. The number of urea groups is 1. The SMILES string of the molecule is N#Cc1ccc(OCCC(N)CN2C3CCC2CN(C(=O)NCC2CC2)C3)cc1. The smallest absolute Gasteiger partial charge is 0.317 e. The summed E-state index contributed by atoms with van der Waals surface area (Å²) in [5.41, 5.74) is 7.02. The second kappa shape index (κ2) is 9.02. The summed E-state index contributed by atoms with van der Waals surface area (Å²) in [7, 11) is 0. The highest BCUT2D eigenvalue weighted by atomic mass is 16.5. The summed E-state index contributed by atoms with van der Waals surface area (Å²) in [6, 6.07) is 10.2. The van der Waals surface area contributed by atoms with E-state index >= 15 is 0 Å². The van der Waals surface area contributed by atoms with Crippen LogP contribution in [0, 0.1) is 17.2 Å². The number of nitrogens with zero attached hydrogens (tertiary/aromatic N) is 3. The molecule has 0 aromatic heterocycles. The number of nitrogens with one attached hydrogen (secondary N) is 1. The number of hydrogen-bond donors (Lipinski definition) is 2. The van der Waals surface area contributed by atoms with Crippen molar-refractivity contribution in [3.05, 3.63) is 29.8 Å². The minimum absolute atomic E-state index is 0.0479. The number of piperazine rings is 1. The maximum absolute atomic E-state index is 12.4.